The van der Waals surface area contributed by atoms with Crippen LogP contribution in [0.1, 0.15) is 32.6 Å². The molecule has 0 radical (unpaired) electrons. The van der Waals surface area contributed by atoms with Crippen LogP contribution in [0.4, 0.5) is 0 Å². The minimum Gasteiger partial charge on any atom is -0.394 e. The van der Waals surface area contributed by atoms with Gasteiger partial charge in [-0.2, -0.15) is 0 Å². The quantitative estimate of drug-likeness (QED) is 0.110. The van der Waals surface area contributed by atoms with Crippen molar-refractivity contribution in [2.75, 3.05) is 19.4 Å². The highest BCUT2D eigenvalue weighted by Crippen LogP contribution is 2.43. The fraction of sp³-hybridized carbons (Fsp3) is 1.00. The molecule has 2 aliphatic rings. The molecule has 0 bridgehead atoms. The van der Waals surface area contributed by atoms with Crippen molar-refractivity contribution >= 4 is 7.60 Å². The molecule has 2 saturated heterocycles. The van der Waals surface area contributed by atoms with Gasteiger partial charge in [-0.15, -0.1) is 0 Å². The van der Waals surface area contributed by atoms with Crippen LogP contribution in [0.3, 0.4) is 0 Å². The molecule has 11 atom stereocenters. The van der Waals surface area contributed by atoms with Crippen molar-refractivity contribution in [2.45, 2.75) is 94.0 Å². The number of hydrogen-bond acceptors (Lipinski definition) is 12. The maximum absolute atomic E-state index is 12.2. The summed E-state index contributed by atoms with van der Waals surface area (Å²) in [5.74, 6) is 0. The van der Waals surface area contributed by atoms with Gasteiger partial charge in [0, 0.05) is 6.16 Å². The number of unbranched alkanes of at least 4 members (excludes halogenated alkanes) is 3. The molecule has 0 aromatic carbocycles. The zero-order valence-electron chi connectivity index (χ0n) is 17.8. The Labute approximate surface area is 185 Å². The molecule has 2 aliphatic heterocycles. The summed E-state index contributed by atoms with van der Waals surface area (Å²) in [6, 6.07) is 0. The van der Waals surface area contributed by atoms with Gasteiger partial charge in [-0.1, -0.05) is 26.2 Å². The molecule has 13 nitrogen and oxygen atoms in total. The molecule has 0 amide bonds. The van der Waals surface area contributed by atoms with Crippen LogP contribution in [0.25, 0.3) is 0 Å². The van der Waals surface area contributed by atoms with Gasteiger partial charge in [0.2, 0.25) is 0 Å². The lowest BCUT2D eigenvalue weighted by Crippen LogP contribution is -2.63. The number of rotatable bonds is 11. The summed E-state index contributed by atoms with van der Waals surface area (Å²) in [6.45, 7) is 0.695. The van der Waals surface area contributed by atoms with Gasteiger partial charge in [-0.25, -0.2) is 0 Å². The molecule has 32 heavy (non-hydrogen) atoms. The van der Waals surface area contributed by atoms with E-state index in [0.717, 1.165) is 19.3 Å². The van der Waals surface area contributed by atoms with Crippen molar-refractivity contribution in [3.63, 3.8) is 0 Å². The third-order valence-corrected chi connectivity index (χ3v) is 6.95. The summed E-state index contributed by atoms with van der Waals surface area (Å²) in [5.41, 5.74) is 0. The van der Waals surface area contributed by atoms with Gasteiger partial charge in [-0.3, -0.25) is 4.57 Å². The van der Waals surface area contributed by atoms with Crippen molar-refractivity contribution in [1.82, 2.24) is 0 Å². The Morgan fingerprint density at radius 2 is 1.31 bits per heavy atom. The van der Waals surface area contributed by atoms with Gasteiger partial charge >= 0.3 is 7.60 Å². The monoisotopic (exact) mass is 490 g/mol. The molecule has 0 aliphatic carbocycles. The van der Waals surface area contributed by atoms with Crippen LogP contribution >= 0.6 is 7.60 Å². The molecule has 0 aromatic rings. The van der Waals surface area contributed by atoms with E-state index in [0.29, 0.717) is 6.42 Å². The lowest BCUT2D eigenvalue weighted by Gasteiger charge is -2.44. The first kappa shape index (κ1) is 28.0. The van der Waals surface area contributed by atoms with Crippen LogP contribution in [0.5, 0.6) is 0 Å². The molecule has 2 rings (SSSR count). The summed E-state index contributed by atoms with van der Waals surface area (Å²) in [6.07, 6.45) is -13.5. The zero-order chi connectivity index (χ0) is 24.1. The summed E-state index contributed by atoms with van der Waals surface area (Å²) in [4.78, 5) is 9.95. The van der Waals surface area contributed by atoms with E-state index in [1.165, 1.54) is 0 Å². The van der Waals surface area contributed by atoms with E-state index in [2.05, 4.69) is 0 Å². The second-order valence-electron chi connectivity index (χ2n) is 8.07. The van der Waals surface area contributed by atoms with E-state index in [-0.39, 0.29) is 6.16 Å². The third-order valence-electron chi connectivity index (χ3n) is 5.52. The van der Waals surface area contributed by atoms with E-state index < -0.39 is 82.2 Å². The van der Waals surface area contributed by atoms with Crippen LogP contribution in [-0.2, 0) is 23.3 Å². The summed E-state index contributed by atoms with van der Waals surface area (Å²) < 4.78 is 33.0. The number of aliphatic hydroxyl groups excluding tert-OH is 7. The average molecular weight is 490 g/mol. The normalized spacial score (nSPS) is 42.5. The standard InChI is InChI=1S/C18H35O13P/c1-2-3-4-5-6-32(26,27)28-8-10-12(21)14(23)16(25)18(30-10)31-17-15(24)13(22)11(20)9(7-19)29-17/h9-25H,2-8H2,1H3,(H,26,27)/t9-,10-,11-,12-,13+,14+,15-,16-,17-,18-/m1/s1. The topological polar surface area (TPSA) is 216 Å². The summed E-state index contributed by atoms with van der Waals surface area (Å²) in [5, 5.41) is 69.4. The van der Waals surface area contributed by atoms with Gasteiger partial charge in [-0.05, 0) is 6.42 Å². The van der Waals surface area contributed by atoms with Gasteiger partial charge < -0.3 is 59.4 Å². The largest absolute Gasteiger partial charge is 0.394 e. The molecule has 1 unspecified atom stereocenters. The maximum atomic E-state index is 12.2. The minimum absolute atomic E-state index is 0.0915. The van der Waals surface area contributed by atoms with Crippen molar-refractivity contribution in [2.24, 2.45) is 0 Å². The molecule has 2 heterocycles. The molecule has 8 N–H and O–H groups in total. The second-order valence-corrected chi connectivity index (χ2v) is 10.0. The van der Waals surface area contributed by atoms with E-state index >= 15 is 0 Å². The van der Waals surface area contributed by atoms with Gasteiger partial charge in [0.05, 0.1) is 13.2 Å². The number of aliphatic hydroxyl groups is 7. The molecule has 14 heteroatoms. The Bertz CT molecular complexity index is 607. The van der Waals surface area contributed by atoms with Crippen molar-refractivity contribution in [3.8, 4) is 0 Å². The number of hydrogen-bond donors (Lipinski definition) is 8. The molecular formula is C18H35O13P. The highest BCUT2D eigenvalue weighted by atomic mass is 31.2. The first-order chi connectivity index (χ1) is 15.0. The van der Waals surface area contributed by atoms with E-state index in [4.69, 9.17) is 18.7 Å². The smallest absolute Gasteiger partial charge is 0.328 e. The lowest BCUT2D eigenvalue weighted by molar-refractivity contribution is -0.376. The van der Waals surface area contributed by atoms with Crippen molar-refractivity contribution < 1.29 is 63.9 Å². The fourth-order valence-electron chi connectivity index (χ4n) is 3.47. The predicted octanol–water partition coefficient (Wildman–Crippen LogP) is -2.61. The molecule has 0 aromatic heterocycles. The lowest BCUT2D eigenvalue weighted by atomic mass is 9.98. The maximum Gasteiger partial charge on any atom is 0.328 e. The van der Waals surface area contributed by atoms with Crippen LogP contribution in [0.2, 0.25) is 0 Å². The Morgan fingerprint density at radius 3 is 1.84 bits per heavy atom. The third kappa shape index (κ3) is 7.12. The SMILES string of the molecule is CCCCCCP(=O)(O)OC[C@H]1O[C@H](O[C@H]2O[C@H](CO)[C@@H](O)[C@H](O)[C@H]2O)[C@H](O)[C@@H](O)[C@@H]1O. The van der Waals surface area contributed by atoms with Gasteiger partial charge in [0.25, 0.3) is 0 Å². The first-order valence-electron chi connectivity index (χ1n) is 10.6. The van der Waals surface area contributed by atoms with Crippen molar-refractivity contribution in [3.05, 3.63) is 0 Å². The average Bonchev–Trinajstić information content (AvgIpc) is 2.76. The van der Waals surface area contributed by atoms with E-state index in [9.17, 15) is 45.2 Å². The molecule has 0 spiro atoms. The zero-order valence-corrected chi connectivity index (χ0v) is 18.7. The fourth-order valence-corrected chi connectivity index (χ4v) is 4.60. The number of ether oxygens (including phenoxy) is 3. The summed E-state index contributed by atoms with van der Waals surface area (Å²) in [7, 11) is -3.98. The van der Waals surface area contributed by atoms with Crippen LogP contribution < -0.4 is 0 Å². The molecular weight excluding hydrogens is 455 g/mol. The summed E-state index contributed by atoms with van der Waals surface area (Å²) >= 11 is 0. The molecule has 2 fully saturated rings. The Hall–Kier alpha value is -0.250. The van der Waals surface area contributed by atoms with Gasteiger partial charge in [0.1, 0.15) is 48.8 Å². The Kier molecular flexibility index (Phi) is 10.9. The minimum atomic E-state index is -3.98. The molecule has 0 saturated carbocycles. The second kappa shape index (κ2) is 12.5. The predicted molar refractivity (Wildman–Crippen MR) is 106 cm³/mol. The molecule has 190 valence electrons. The first-order valence-corrected chi connectivity index (χ1v) is 12.4. The highest BCUT2D eigenvalue weighted by Gasteiger charge is 2.50. The Morgan fingerprint density at radius 1 is 0.781 bits per heavy atom. The highest BCUT2D eigenvalue weighted by molar-refractivity contribution is 7.52. The Balaban J connectivity index is 1.98. The van der Waals surface area contributed by atoms with Gasteiger partial charge in [0.15, 0.2) is 12.6 Å². The van der Waals surface area contributed by atoms with Crippen LogP contribution in [-0.4, -0.2) is 121 Å². The van der Waals surface area contributed by atoms with Crippen molar-refractivity contribution in [1.29, 1.82) is 0 Å². The van der Waals surface area contributed by atoms with Crippen LogP contribution in [0, 0.1) is 0 Å². The van der Waals surface area contributed by atoms with E-state index in [1.807, 2.05) is 6.92 Å². The van der Waals surface area contributed by atoms with Crippen LogP contribution in [0.15, 0.2) is 0 Å². The van der Waals surface area contributed by atoms with E-state index in [1.54, 1.807) is 0 Å².